The molecular weight excluding hydrogens is 232 g/mol. The summed E-state index contributed by atoms with van der Waals surface area (Å²) in [4.78, 5) is 11.0. The zero-order valence-corrected chi connectivity index (χ0v) is 10.2. The summed E-state index contributed by atoms with van der Waals surface area (Å²) >= 11 is 0. The van der Waals surface area contributed by atoms with Crippen LogP contribution in [0.15, 0.2) is 36.9 Å². The highest BCUT2D eigenvalue weighted by atomic mass is 16.5. The van der Waals surface area contributed by atoms with Crippen molar-refractivity contribution < 1.29 is 14.3 Å². The van der Waals surface area contributed by atoms with E-state index in [9.17, 15) is 4.79 Å². The van der Waals surface area contributed by atoms with Gasteiger partial charge in [-0.2, -0.15) is 0 Å². The normalized spacial score (nSPS) is 10.1. The topological polar surface area (TPSA) is 73.6 Å². The Bertz CT molecular complexity index is 456. The largest absolute Gasteiger partial charge is 0.493 e. The lowest BCUT2D eigenvalue weighted by molar-refractivity contribution is -0.116. The van der Waals surface area contributed by atoms with Gasteiger partial charge in [-0.1, -0.05) is 18.7 Å². The van der Waals surface area contributed by atoms with Gasteiger partial charge in [0.15, 0.2) is 11.5 Å². The summed E-state index contributed by atoms with van der Waals surface area (Å²) < 4.78 is 10.6. The molecule has 5 heteroatoms. The quantitative estimate of drug-likeness (QED) is 0.261. The Labute approximate surface area is 106 Å². The summed E-state index contributed by atoms with van der Waals surface area (Å²) in [6, 6.07) is 5.34. The molecule has 96 valence electrons. The lowest BCUT2D eigenvalue weighted by Crippen LogP contribution is -2.27. The van der Waals surface area contributed by atoms with Crippen molar-refractivity contribution in [1.29, 1.82) is 0 Å². The monoisotopic (exact) mass is 248 g/mol. The SMILES string of the molecule is C=CCOc1ccc(C=CC(=O)NN)cc1OC. The molecule has 0 unspecified atom stereocenters. The Morgan fingerprint density at radius 2 is 2.28 bits per heavy atom. The number of benzene rings is 1. The Morgan fingerprint density at radius 1 is 1.50 bits per heavy atom. The molecule has 0 radical (unpaired) electrons. The molecule has 0 aromatic heterocycles. The van der Waals surface area contributed by atoms with Gasteiger partial charge in [-0.3, -0.25) is 10.2 Å². The predicted octanol–water partition coefficient (Wildman–Crippen LogP) is 1.26. The summed E-state index contributed by atoms with van der Waals surface area (Å²) in [7, 11) is 1.55. The van der Waals surface area contributed by atoms with Crippen molar-refractivity contribution in [3.05, 3.63) is 42.5 Å². The van der Waals surface area contributed by atoms with E-state index in [0.29, 0.717) is 18.1 Å². The molecule has 3 N–H and O–H groups in total. The minimum Gasteiger partial charge on any atom is -0.493 e. The van der Waals surface area contributed by atoms with Gasteiger partial charge in [0.2, 0.25) is 0 Å². The zero-order valence-electron chi connectivity index (χ0n) is 10.2. The van der Waals surface area contributed by atoms with Crippen molar-refractivity contribution in [2.24, 2.45) is 5.84 Å². The maximum Gasteiger partial charge on any atom is 0.257 e. The molecule has 1 aromatic carbocycles. The number of hydrogen-bond donors (Lipinski definition) is 2. The summed E-state index contributed by atoms with van der Waals surface area (Å²) in [5.74, 6) is 5.81. The maximum absolute atomic E-state index is 11.0. The van der Waals surface area contributed by atoms with Crippen molar-refractivity contribution in [2.45, 2.75) is 0 Å². The fourth-order valence-corrected chi connectivity index (χ4v) is 1.28. The first-order chi connectivity index (χ1) is 8.71. The van der Waals surface area contributed by atoms with Crippen LogP contribution in [0.4, 0.5) is 0 Å². The Balaban J connectivity index is 2.87. The van der Waals surface area contributed by atoms with Gasteiger partial charge in [0.05, 0.1) is 7.11 Å². The fourth-order valence-electron chi connectivity index (χ4n) is 1.28. The molecule has 1 amide bonds. The van der Waals surface area contributed by atoms with Gasteiger partial charge in [-0.15, -0.1) is 0 Å². The van der Waals surface area contributed by atoms with Crippen molar-refractivity contribution in [3.8, 4) is 11.5 Å². The number of amides is 1. The van der Waals surface area contributed by atoms with Crippen LogP contribution in [-0.2, 0) is 4.79 Å². The van der Waals surface area contributed by atoms with E-state index in [4.69, 9.17) is 15.3 Å². The second-order valence-electron chi connectivity index (χ2n) is 3.35. The summed E-state index contributed by atoms with van der Waals surface area (Å²) in [6.07, 6.45) is 4.61. The Morgan fingerprint density at radius 3 is 2.89 bits per heavy atom. The number of hydrogen-bond acceptors (Lipinski definition) is 4. The van der Waals surface area contributed by atoms with Gasteiger partial charge in [0.1, 0.15) is 6.61 Å². The third-order valence-electron chi connectivity index (χ3n) is 2.11. The third-order valence-corrected chi connectivity index (χ3v) is 2.11. The standard InChI is InChI=1S/C13H16N2O3/c1-3-8-18-11-6-4-10(9-12(11)17-2)5-7-13(16)15-14/h3-7,9H,1,8,14H2,2H3,(H,15,16). The first-order valence-electron chi connectivity index (χ1n) is 5.31. The summed E-state index contributed by atoms with van der Waals surface area (Å²) in [5.41, 5.74) is 2.82. The lowest BCUT2D eigenvalue weighted by Gasteiger charge is -2.09. The van der Waals surface area contributed by atoms with E-state index < -0.39 is 0 Å². The molecule has 1 rings (SSSR count). The smallest absolute Gasteiger partial charge is 0.257 e. The molecule has 0 saturated heterocycles. The molecule has 0 atom stereocenters. The molecule has 0 saturated carbocycles. The minimum absolute atomic E-state index is 0.374. The number of nitrogens with one attached hydrogen (secondary N) is 1. The van der Waals surface area contributed by atoms with Crippen LogP contribution in [0.25, 0.3) is 6.08 Å². The van der Waals surface area contributed by atoms with Crippen LogP contribution >= 0.6 is 0 Å². The predicted molar refractivity (Wildman–Crippen MR) is 70.1 cm³/mol. The lowest BCUT2D eigenvalue weighted by atomic mass is 10.2. The van der Waals surface area contributed by atoms with E-state index in [-0.39, 0.29) is 5.91 Å². The number of ether oxygens (including phenoxy) is 2. The number of carbonyl (C=O) groups excluding carboxylic acids is 1. The number of methoxy groups -OCH3 is 1. The van der Waals surface area contributed by atoms with Gasteiger partial charge in [-0.05, 0) is 23.8 Å². The first-order valence-corrected chi connectivity index (χ1v) is 5.31. The van der Waals surface area contributed by atoms with E-state index in [1.54, 1.807) is 37.5 Å². The molecular formula is C13H16N2O3. The minimum atomic E-state index is -0.374. The second kappa shape index (κ2) is 7.13. The van der Waals surface area contributed by atoms with Crippen molar-refractivity contribution >= 4 is 12.0 Å². The molecule has 0 aliphatic carbocycles. The zero-order chi connectivity index (χ0) is 13.4. The number of nitrogens with two attached hydrogens (primary N) is 1. The summed E-state index contributed by atoms with van der Waals surface area (Å²) in [6.45, 7) is 3.98. The van der Waals surface area contributed by atoms with Gasteiger partial charge >= 0.3 is 0 Å². The molecule has 0 fully saturated rings. The average Bonchev–Trinajstić information content (AvgIpc) is 2.42. The Hall–Kier alpha value is -2.27. The maximum atomic E-state index is 11.0. The van der Waals surface area contributed by atoms with Gasteiger partial charge in [0, 0.05) is 6.08 Å². The third kappa shape index (κ3) is 3.95. The molecule has 0 aliphatic rings. The van der Waals surface area contributed by atoms with Crippen LogP contribution in [0.5, 0.6) is 11.5 Å². The van der Waals surface area contributed by atoms with E-state index in [1.165, 1.54) is 6.08 Å². The van der Waals surface area contributed by atoms with Crippen LogP contribution in [0.1, 0.15) is 5.56 Å². The van der Waals surface area contributed by atoms with Crippen molar-refractivity contribution in [3.63, 3.8) is 0 Å². The fraction of sp³-hybridized carbons (Fsp3) is 0.154. The van der Waals surface area contributed by atoms with E-state index in [2.05, 4.69) is 6.58 Å². The van der Waals surface area contributed by atoms with Crippen LogP contribution in [0, 0.1) is 0 Å². The molecule has 1 aromatic rings. The average molecular weight is 248 g/mol. The van der Waals surface area contributed by atoms with Crippen LogP contribution in [0.3, 0.4) is 0 Å². The van der Waals surface area contributed by atoms with E-state index >= 15 is 0 Å². The summed E-state index contributed by atoms with van der Waals surface area (Å²) in [5, 5.41) is 0. The molecule has 0 aliphatic heterocycles. The van der Waals surface area contributed by atoms with Crippen molar-refractivity contribution in [1.82, 2.24) is 5.43 Å². The molecule has 0 bridgehead atoms. The number of rotatable bonds is 6. The van der Waals surface area contributed by atoms with Gasteiger partial charge in [-0.25, -0.2) is 5.84 Å². The number of hydrazine groups is 1. The highest BCUT2D eigenvalue weighted by Crippen LogP contribution is 2.28. The van der Waals surface area contributed by atoms with E-state index in [0.717, 1.165) is 5.56 Å². The highest BCUT2D eigenvalue weighted by molar-refractivity contribution is 5.91. The van der Waals surface area contributed by atoms with Crippen LogP contribution in [-0.4, -0.2) is 19.6 Å². The molecule has 18 heavy (non-hydrogen) atoms. The van der Waals surface area contributed by atoms with E-state index in [1.807, 2.05) is 5.43 Å². The van der Waals surface area contributed by atoms with Gasteiger partial charge in [0.25, 0.3) is 5.91 Å². The highest BCUT2D eigenvalue weighted by Gasteiger charge is 2.04. The second-order valence-corrected chi connectivity index (χ2v) is 3.35. The molecule has 5 nitrogen and oxygen atoms in total. The van der Waals surface area contributed by atoms with Crippen LogP contribution in [0.2, 0.25) is 0 Å². The Kier molecular flexibility index (Phi) is 5.47. The molecule has 0 spiro atoms. The molecule has 0 heterocycles. The van der Waals surface area contributed by atoms with Crippen molar-refractivity contribution in [2.75, 3.05) is 13.7 Å². The first kappa shape index (κ1) is 13.8. The van der Waals surface area contributed by atoms with Crippen LogP contribution < -0.4 is 20.7 Å². The number of carbonyl (C=O) groups is 1. The van der Waals surface area contributed by atoms with Gasteiger partial charge < -0.3 is 9.47 Å².